The van der Waals surface area contributed by atoms with Gasteiger partial charge in [0.05, 0.1) is 0 Å². The number of carbonyl (C=O) groups is 1. The Morgan fingerprint density at radius 1 is 1.11 bits per heavy atom. The number of ether oxygens (including phenoxy) is 1. The number of hydrogen-bond donors (Lipinski definition) is 0. The molecule has 1 aromatic carbocycles. The molecule has 2 aliphatic rings. The Labute approximate surface area is 107 Å². The predicted octanol–water partition coefficient (Wildman–Crippen LogP) is 2.89. The van der Waals surface area contributed by atoms with Crippen molar-refractivity contribution in [2.75, 3.05) is 0 Å². The molecule has 0 amide bonds. The van der Waals surface area contributed by atoms with Gasteiger partial charge >= 0.3 is 5.97 Å². The van der Waals surface area contributed by atoms with E-state index >= 15 is 0 Å². The summed E-state index contributed by atoms with van der Waals surface area (Å²) in [6.45, 7) is 0. The van der Waals surface area contributed by atoms with E-state index in [1.165, 1.54) is 6.42 Å². The lowest BCUT2D eigenvalue weighted by Gasteiger charge is -2.25. The number of cyclic esters (lactones) is 1. The Bertz CT molecular complexity index is 473. The Morgan fingerprint density at radius 2 is 1.83 bits per heavy atom. The number of esters is 1. The van der Waals surface area contributed by atoms with Crippen molar-refractivity contribution in [3.63, 3.8) is 0 Å². The van der Waals surface area contributed by atoms with Crippen molar-refractivity contribution < 1.29 is 9.53 Å². The van der Waals surface area contributed by atoms with Gasteiger partial charge in [-0.25, -0.2) is 9.79 Å². The molecule has 94 valence electrons. The molecule has 0 atom stereocenters. The Hall–Kier alpha value is -1.64. The molecule has 3 rings (SSSR count). The second-order valence-electron chi connectivity index (χ2n) is 5.15. The molecule has 1 saturated carbocycles. The van der Waals surface area contributed by atoms with Crippen molar-refractivity contribution >= 4 is 11.9 Å². The van der Waals surface area contributed by atoms with Crippen LogP contribution in [0.2, 0.25) is 0 Å². The Kier molecular flexibility index (Phi) is 2.90. The summed E-state index contributed by atoms with van der Waals surface area (Å²) in [6, 6.07) is 10.0. The minimum atomic E-state index is -0.539. The molecule has 3 nitrogen and oxygen atoms in total. The van der Waals surface area contributed by atoms with Crippen LogP contribution in [0.4, 0.5) is 0 Å². The minimum absolute atomic E-state index is 0.131. The second-order valence-corrected chi connectivity index (χ2v) is 5.15. The van der Waals surface area contributed by atoms with E-state index in [0.29, 0.717) is 12.3 Å². The smallest absolute Gasteiger partial charge is 0.340 e. The average molecular weight is 243 g/mol. The van der Waals surface area contributed by atoms with E-state index in [0.717, 1.165) is 31.2 Å². The van der Waals surface area contributed by atoms with Gasteiger partial charge in [0.15, 0.2) is 11.4 Å². The van der Waals surface area contributed by atoms with Gasteiger partial charge in [-0.15, -0.1) is 0 Å². The standard InChI is InChI=1S/C15H17NO2/c17-14-15(9-5-2-6-10-15)16-13(18-14)11-12-7-3-1-4-8-12/h1,3-4,7-8H,2,5-6,9-11H2. The van der Waals surface area contributed by atoms with E-state index in [4.69, 9.17) is 4.74 Å². The van der Waals surface area contributed by atoms with Gasteiger partial charge < -0.3 is 4.74 Å². The maximum absolute atomic E-state index is 12.0. The highest BCUT2D eigenvalue weighted by Crippen LogP contribution is 2.36. The molecule has 1 fully saturated rings. The fourth-order valence-corrected chi connectivity index (χ4v) is 2.81. The molecule has 0 unspecified atom stereocenters. The van der Waals surface area contributed by atoms with Gasteiger partial charge in [0.1, 0.15) is 0 Å². The maximum Gasteiger partial charge on any atom is 0.340 e. The third kappa shape index (κ3) is 2.05. The van der Waals surface area contributed by atoms with Gasteiger partial charge in [0, 0.05) is 6.42 Å². The lowest BCUT2D eigenvalue weighted by molar-refractivity contribution is -0.140. The summed E-state index contributed by atoms with van der Waals surface area (Å²) >= 11 is 0. The molecule has 0 bridgehead atoms. The number of carbonyl (C=O) groups excluding carboxylic acids is 1. The van der Waals surface area contributed by atoms with Crippen LogP contribution in [0, 0.1) is 0 Å². The predicted molar refractivity (Wildman–Crippen MR) is 69.5 cm³/mol. The van der Waals surface area contributed by atoms with E-state index < -0.39 is 5.54 Å². The van der Waals surface area contributed by atoms with Crippen molar-refractivity contribution in [3.8, 4) is 0 Å². The van der Waals surface area contributed by atoms with Gasteiger partial charge in [-0.3, -0.25) is 0 Å². The lowest BCUT2D eigenvalue weighted by atomic mass is 9.83. The van der Waals surface area contributed by atoms with Crippen LogP contribution in [-0.4, -0.2) is 17.4 Å². The van der Waals surface area contributed by atoms with E-state index in [-0.39, 0.29) is 5.97 Å². The normalized spacial score (nSPS) is 21.8. The molecule has 1 aromatic rings. The molecule has 0 radical (unpaired) electrons. The van der Waals surface area contributed by atoms with Gasteiger partial charge in [-0.05, 0) is 18.4 Å². The quantitative estimate of drug-likeness (QED) is 0.749. The Morgan fingerprint density at radius 3 is 2.56 bits per heavy atom. The first-order valence-corrected chi connectivity index (χ1v) is 6.63. The first-order chi connectivity index (χ1) is 8.78. The van der Waals surface area contributed by atoms with Crippen LogP contribution >= 0.6 is 0 Å². The molecule has 0 saturated heterocycles. The summed E-state index contributed by atoms with van der Waals surface area (Å²) in [6.07, 6.45) is 5.69. The topological polar surface area (TPSA) is 38.7 Å². The third-order valence-electron chi connectivity index (χ3n) is 3.81. The van der Waals surface area contributed by atoms with E-state index in [1.54, 1.807) is 0 Å². The summed E-state index contributed by atoms with van der Waals surface area (Å²) in [7, 11) is 0. The fraction of sp³-hybridized carbons (Fsp3) is 0.467. The number of nitrogens with zero attached hydrogens (tertiary/aromatic N) is 1. The van der Waals surface area contributed by atoms with Crippen LogP contribution in [0.25, 0.3) is 0 Å². The molecule has 3 heteroatoms. The highest BCUT2D eigenvalue weighted by Gasteiger charge is 2.46. The average Bonchev–Trinajstić information content (AvgIpc) is 2.68. The maximum atomic E-state index is 12.0. The fourth-order valence-electron chi connectivity index (χ4n) is 2.81. The summed E-state index contributed by atoms with van der Waals surface area (Å²) in [4.78, 5) is 16.6. The van der Waals surface area contributed by atoms with Gasteiger partial charge in [-0.1, -0.05) is 49.6 Å². The summed E-state index contributed by atoms with van der Waals surface area (Å²) < 4.78 is 5.37. The molecule has 1 heterocycles. The van der Waals surface area contributed by atoms with Crippen LogP contribution in [0.3, 0.4) is 0 Å². The zero-order valence-corrected chi connectivity index (χ0v) is 10.4. The monoisotopic (exact) mass is 243 g/mol. The highest BCUT2D eigenvalue weighted by atomic mass is 16.6. The van der Waals surface area contributed by atoms with Crippen molar-refractivity contribution in [2.24, 2.45) is 4.99 Å². The van der Waals surface area contributed by atoms with Gasteiger partial charge in [0.2, 0.25) is 0 Å². The van der Waals surface area contributed by atoms with Crippen LogP contribution in [0.15, 0.2) is 35.3 Å². The molecule has 1 aliphatic heterocycles. The molecule has 0 N–H and O–H groups in total. The number of aliphatic imine (C=N–C) groups is 1. The largest absolute Gasteiger partial charge is 0.410 e. The zero-order valence-electron chi connectivity index (χ0n) is 10.4. The Balaban J connectivity index is 1.78. The van der Waals surface area contributed by atoms with Crippen LogP contribution < -0.4 is 0 Å². The first-order valence-electron chi connectivity index (χ1n) is 6.63. The van der Waals surface area contributed by atoms with E-state index in [1.807, 2.05) is 30.3 Å². The zero-order chi connectivity index (χ0) is 12.4. The molecule has 0 aromatic heterocycles. The van der Waals surface area contributed by atoms with Gasteiger partial charge in [-0.2, -0.15) is 0 Å². The molecule has 1 spiro atoms. The summed E-state index contributed by atoms with van der Waals surface area (Å²) in [5, 5.41) is 0. The van der Waals surface area contributed by atoms with Crippen molar-refractivity contribution in [1.29, 1.82) is 0 Å². The van der Waals surface area contributed by atoms with Gasteiger partial charge in [0.25, 0.3) is 0 Å². The minimum Gasteiger partial charge on any atom is -0.410 e. The summed E-state index contributed by atoms with van der Waals surface area (Å²) in [5.74, 6) is 0.459. The number of rotatable bonds is 2. The first kappa shape index (κ1) is 11.5. The number of benzene rings is 1. The lowest BCUT2D eigenvalue weighted by Crippen LogP contribution is -2.35. The molecular formula is C15H17NO2. The van der Waals surface area contributed by atoms with Crippen molar-refractivity contribution in [3.05, 3.63) is 35.9 Å². The van der Waals surface area contributed by atoms with E-state index in [9.17, 15) is 4.79 Å². The van der Waals surface area contributed by atoms with E-state index in [2.05, 4.69) is 4.99 Å². The van der Waals surface area contributed by atoms with Crippen LogP contribution in [0.5, 0.6) is 0 Å². The highest BCUT2D eigenvalue weighted by molar-refractivity contribution is 6.00. The second kappa shape index (κ2) is 4.56. The molecular weight excluding hydrogens is 226 g/mol. The molecule has 18 heavy (non-hydrogen) atoms. The molecule has 1 aliphatic carbocycles. The van der Waals surface area contributed by atoms with Crippen molar-refractivity contribution in [1.82, 2.24) is 0 Å². The van der Waals surface area contributed by atoms with Crippen LogP contribution in [-0.2, 0) is 16.0 Å². The summed E-state index contributed by atoms with van der Waals surface area (Å²) in [5.41, 5.74) is 0.597. The van der Waals surface area contributed by atoms with Crippen LogP contribution in [0.1, 0.15) is 37.7 Å². The van der Waals surface area contributed by atoms with Crippen molar-refractivity contribution in [2.45, 2.75) is 44.1 Å². The number of hydrogen-bond acceptors (Lipinski definition) is 3. The SMILES string of the molecule is O=C1OC(Cc2ccccc2)=NC12CCCCC2. The third-order valence-corrected chi connectivity index (χ3v) is 3.81.